The molecule has 1 atom stereocenters. The molecule has 15 nitrogen and oxygen atoms in total. The van der Waals surface area contributed by atoms with Gasteiger partial charge in [0.25, 0.3) is 18.2 Å². The normalized spacial score (nSPS) is 18.6. The Kier molecular flexibility index (Phi) is 13.9. The number of nitrogens with one attached hydrogen (secondary N) is 1. The van der Waals surface area contributed by atoms with Crippen LogP contribution in [0.3, 0.4) is 0 Å². The summed E-state index contributed by atoms with van der Waals surface area (Å²) in [6.07, 6.45) is 10.4. The summed E-state index contributed by atoms with van der Waals surface area (Å²) in [6.45, 7) is 7.39. The van der Waals surface area contributed by atoms with Crippen LogP contribution < -0.4 is 10.2 Å². The molecule has 5 aromatic rings. The van der Waals surface area contributed by atoms with Crippen LogP contribution in [-0.4, -0.2) is 124 Å². The standard InChI is InChI=1S/C49H55F2N9O5.C2H4O/c1-52-47(62)43(6-4-20-61)59-48(63)34-8-7-30(23-37(34)49(59)64)27-56-18-10-32(11-19-56)58-29-39(38-26-53-15-9-41(38)58)35-24-31-5-3-16-57(44(31)25-36(35)45(50)51)46-40-28-55(2)17-12-42(40)60(54-46)33-13-21-65-22-14-33;1-2-3/h7-9,15,20,23-26,29,32-33,43,45H,3-6,10-14,16-19,21-22,27-28H2,1-2H3,(H,52,62);2H,1H3. The predicted octanol–water partition coefficient (Wildman–Crippen LogP) is 6.99. The van der Waals surface area contributed by atoms with Crippen LogP contribution in [0.5, 0.6) is 0 Å². The molecule has 0 radical (unpaired) electrons. The molecular formula is C51H59F2N9O6. The molecule has 3 aromatic heterocycles. The number of hydrogen-bond acceptors (Lipinski definition) is 11. The van der Waals surface area contributed by atoms with Crippen molar-refractivity contribution in [2.24, 2.45) is 0 Å². The number of hydrogen-bond donors (Lipinski definition) is 1. The third-order valence-corrected chi connectivity index (χ3v) is 14.3. The summed E-state index contributed by atoms with van der Waals surface area (Å²) in [5.41, 5.74) is 7.96. The number of nitrogens with zero attached hydrogens (tertiary/aromatic N) is 8. The van der Waals surface area contributed by atoms with E-state index in [1.54, 1.807) is 30.6 Å². The van der Waals surface area contributed by atoms with Gasteiger partial charge in [0.15, 0.2) is 5.82 Å². The number of likely N-dealkylation sites (tertiary alicyclic amines) is 1. The lowest BCUT2D eigenvalue weighted by atomic mass is 9.91. The monoisotopic (exact) mass is 931 g/mol. The number of benzene rings is 2. The quantitative estimate of drug-likeness (QED) is 0.102. The first-order chi connectivity index (χ1) is 33.0. The average Bonchev–Trinajstić information content (AvgIpc) is 4.01. The number of halogens is 2. The molecule has 3 amide bonds. The molecule has 2 saturated heterocycles. The average molecular weight is 932 g/mol. The summed E-state index contributed by atoms with van der Waals surface area (Å²) in [4.78, 5) is 71.8. The van der Waals surface area contributed by atoms with Crippen molar-refractivity contribution in [3.63, 3.8) is 0 Å². The summed E-state index contributed by atoms with van der Waals surface area (Å²) < 4.78 is 41.1. The molecule has 68 heavy (non-hydrogen) atoms. The molecule has 5 aliphatic rings. The van der Waals surface area contributed by atoms with Gasteiger partial charge in [0, 0.05) is 130 Å². The Labute approximate surface area is 394 Å². The Bertz CT molecular complexity index is 2720. The van der Waals surface area contributed by atoms with E-state index >= 15 is 8.78 Å². The van der Waals surface area contributed by atoms with Crippen LogP contribution in [0.25, 0.3) is 22.0 Å². The molecule has 1 N–H and O–H groups in total. The van der Waals surface area contributed by atoms with Crippen LogP contribution >= 0.6 is 0 Å². The second-order valence-corrected chi connectivity index (χ2v) is 18.5. The Hall–Kier alpha value is -6.17. The van der Waals surface area contributed by atoms with E-state index in [2.05, 4.69) is 47.5 Å². The van der Waals surface area contributed by atoms with Gasteiger partial charge in [-0.15, -0.1) is 0 Å². The van der Waals surface area contributed by atoms with Gasteiger partial charge in [-0.05, 0) is 106 Å². The molecule has 2 aromatic carbocycles. The fourth-order valence-corrected chi connectivity index (χ4v) is 11.0. The molecule has 0 spiro atoms. The van der Waals surface area contributed by atoms with Crippen LogP contribution in [0.1, 0.15) is 119 Å². The lowest BCUT2D eigenvalue weighted by Gasteiger charge is -2.33. The maximum atomic E-state index is 15.5. The van der Waals surface area contributed by atoms with Crippen LogP contribution in [0.15, 0.2) is 55.0 Å². The number of carbonyl (C=O) groups is 5. The van der Waals surface area contributed by atoms with Gasteiger partial charge in [0.1, 0.15) is 18.6 Å². The smallest absolute Gasteiger partial charge is 0.264 e. The first-order valence-corrected chi connectivity index (χ1v) is 23.9. The van der Waals surface area contributed by atoms with Gasteiger partial charge in [-0.2, -0.15) is 5.10 Å². The number of pyridine rings is 1. The van der Waals surface area contributed by atoms with Crippen molar-refractivity contribution in [2.75, 3.05) is 58.4 Å². The summed E-state index contributed by atoms with van der Waals surface area (Å²) in [5.74, 6) is -0.678. The number of alkyl halides is 2. The highest BCUT2D eigenvalue weighted by Gasteiger charge is 2.43. The molecule has 1 unspecified atom stereocenters. The molecule has 0 bridgehead atoms. The van der Waals surface area contributed by atoms with Crippen molar-refractivity contribution in [1.29, 1.82) is 0 Å². The van der Waals surface area contributed by atoms with E-state index in [0.717, 1.165) is 121 Å². The Morgan fingerprint density at radius 3 is 2.43 bits per heavy atom. The van der Waals surface area contributed by atoms with Gasteiger partial charge in [-0.25, -0.2) is 8.78 Å². The highest BCUT2D eigenvalue weighted by atomic mass is 19.3. The highest BCUT2D eigenvalue weighted by Crippen LogP contribution is 2.46. The fraction of sp³-hybridized carbons (Fsp3) is 0.471. The summed E-state index contributed by atoms with van der Waals surface area (Å²) >= 11 is 0. The second kappa shape index (κ2) is 20.2. The number of aromatic nitrogens is 4. The SMILES string of the molecule is CC=O.CNC(=O)C(CCC=O)N1C(=O)c2ccc(CN3CCC(n4cc(-c5cc6c(cc5C(F)F)N(c5nn(C7CCOCC7)c7c5CN(C)CC7)CCC6)c5cnccc54)CC3)cc2C1=O. The lowest BCUT2D eigenvalue weighted by molar-refractivity contribution is -0.124. The number of rotatable bonds is 12. The molecule has 0 saturated carbocycles. The zero-order chi connectivity index (χ0) is 47.6. The Morgan fingerprint density at radius 1 is 0.926 bits per heavy atom. The summed E-state index contributed by atoms with van der Waals surface area (Å²) in [5, 5.41) is 8.66. The van der Waals surface area contributed by atoms with Crippen molar-refractivity contribution in [3.8, 4) is 11.1 Å². The molecule has 0 aliphatic carbocycles. The molecule has 5 aliphatic heterocycles. The topological polar surface area (TPSA) is 155 Å². The zero-order valence-corrected chi connectivity index (χ0v) is 39.0. The largest absolute Gasteiger partial charge is 0.381 e. The number of piperidine rings is 1. The third kappa shape index (κ3) is 8.87. The molecular weight excluding hydrogens is 873 g/mol. The van der Waals surface area contributed by atoms with Gasteiger partial charge >= 0.3 is 0 Å². The Balaban J connectivity index is 0.00000188. The number of likely N-dealkylation sites (N-methyl/N-ethyl adjacent to an activating group) is 2. The van der Waals surface area contributed by atoms with Crippen molar-refractivity contribution in [3.05, 3.63) is 94.1 Å². The number of imide groups is 1. The first kappa shape index (κ1) is 46.9. The number of anilines is 2. The first-order valence-electron chi connectivity index (χ1n) is 23.9. The van der Waals surface area contributed by atoms with E-state index in [4.69, 9.17) is 14.6 Å². The van der Waals surface area contributed by atoms with Crippen molar-refractivity contribution < 1.29 is 37.5 Å². The lowest BCUT2D eigenvalue weighted by Crippen LogP contribution is -2.48. The number of fused-ring (bicyclic) bond motifs is 4. The highest BCUT2D eigenvalue weighted by molar-refractivity contribution is 6.23. The maximum Gasteiger partial charge on any atom is 0.264 e. The minimum Gasteiger partial charge on any atom is -0.381 e. The Morgan fingerprint density at radius 2 is 1.69 bits per heavy atom. The van der Waals surface area contributed by atoms with E-state index < -0.39 is 30.2 Å². The zero-order valence-electron chi connectivity index (χ0n) is 39.0. The minimum absolute atomic E-state index is 0.00554. The maximum absolute atomic E-state index is 15.5. The van der Waals surface area contributed by atoms with E-state index in [9.17, 15) is 19.2 Å². The number of carbonyl (C=O) groups excluding carboxylic acids is 5. The van der Waals surface area contributed by atoms with Crippen molar-refractivity contribution in [2.45, 2.75) is 102 Å². The van der Waals surface area contributed by atoms with Gasteiger partial charge in [0.05, 0.1) is 22.7 Å². The van der Waals surface area contributed by atoms with Crippen molar-refractivity contribution in [1.82, 2.24) is 39.3 Å². The van der Waals surface area contributed by atoms with E-state index in [1.165, 1.54) is 25.2 Å². The number of ether oxygens (including phenoxy) is 1. The summed E-state index contributed by atoms with van der Waals surface area (Å²) in [6, 6.07) is 10.3. The van der Waals surface area contributed by atoms with Crippen LogP contribution in [0, 0.1) is 0 Å². The predicted molar refractivity (Wildman–Crippen MR) is 252 cm³/mol. The minimum atomic E-state index is -2.70. The van der Waals surface area contributed by atoms with Gasteiger partial charge in [0.2, 0.25) is 5.91 Å². The fourth-order valence-electron chi connectivity index (χ4n) is 11.0. The van der Waals surface area contributed by atoms with Crippen LogP contribution in [0.4, 0.5) is 20.3 Å². The van der Waals surface area contributed by atoms with Gasteiger partial charge in [-0.3, -0.25) is 33.8 Å². The van der Waals surface area contributed by atoms with E-state index in [0.29, 0.717) is 38.2 Å². The third-order valence-electron chi connectivity index (χ3n) is 14.3. The van der Waals surface area contributed by atoms with Gasteiger partial charge < -0.3 is 34.0 Å². The van der Waals surface area contributed by atoms with Crippen LogP contribution in [0.2, 0.25) is 0 Å². The molecule has 2 fully saturated rings. The number of aryl methyl sites for hydroxylation is 1. The molecule has 10 rings (SSSR count). The molecule has 8 heterocycles. The van der Waals surface area contributed by atoms with E-state index in [1.807, 2.05) is 18.2 Å². The molecule has 358 valence electrons. The number of aldehydes is 2. The second-order valence-electron chi connectivity index (χ2n) is 18.5. The summed E-state index contributed by atoms with van der Waals surface area (Å²) in [7, 11) is 3.57. The van der Waals surface area contributed by atoms with Crippen molar-refractivity contribution >= 4 is 52.7 Å². The number of amides is 3. The van der Waals surface area contributed by atoms with Crippen LogP contribution in [-0.2, 0) is 45.1 Å². The molecule has 17 heteroatoms. The van der Waals surface area contributed by atoms with E-state index in [-0.39, 0.29) is 41.6 Å². The van der Waals surface area contributed by atoms with Gasteiger partial charge in [-0.1, -0.05) is 6.07 Å².